The van der Waals surface area contributed by atoms with E-state index in [0.29, 0.717) is 27.6 Å². The number of ether oxygens (including phenoxy) is 2. The maximum Gasteiger partial charge on any atom is 0.133 e. The van der Waals surface area contributed by atoms with Gasteiger partial charge in [-0.15, -0.1) is 0 Å². The van der Waals surface area contributed by atoms with E-state index in [4.69, 9.17) is 21.1 Å². The molecule has 23 heavy (non-hydrogen) atoms. The van der Waals surface area contributed by atoms with Crippen molar-refractivity contribution >= 4 is 22.4 Å². The third-order valence-corrected chi connectivity index (χ3v) is 4.10. The van der Waals surface area contributed by atoms with E-state index in [-0.39, 0.29) is 0 Å². The molecule has 118 valence electrons. The van der Waals surface area contributed by atoms with Gasteiger partial charge in [0.2, 0.25) is 0 Å². The predicted molar refractivity (Wildman–Crippen MR) is 92.6 cm³/mol. The monoisotopic (exact) mass is 328 g/mol. The summed E-state index contributed by atoms with van der Waals surface area (Å²) in [5, 5.41) is 13.2. The Morgan fingerprint density at radius 2 is 1.65 bits per heavy atom. The molecule has 0 fully saturated rings. The van der Waals surface area contributed by atoms with Crippen molar-refractivity contribution in [3.8, 4) is 11.5 Å². The number of rotatable bonds is 4. The van der Waals surface area contributed by atoms with E-state index in [0.717, 1.165) is 10.8 Å². The van der Waals surface area contributed by atoms with Gasteiger partial charge in [0.15, 0.2) is 0 Å². The first kappa shape index (κ1) is 15.7. The lowest BCUT2D eigenvalue weighted by molar-refractivity contribution is 0.214. The Kier molecular flexibility index (Phi) is 4.42. The SMILES string of the molecule is COc1cc(C(O)c2cccc(Cl)c2)c(OC)c2ccccc12. The molecule has 1 atom stereocenters. The van der Waals surface area contributed by atoms with E-state index in [2.05, 4.69) is 0 Å². The first-order valence-electron chi connectivity index (χ1n) is 7.23. The third kappa shape index (κ3) is 2.85. The highest BCUT2D eigenvalue weighted by Crippen LogP contribution is 2.41. The van der Waals surface area contributed by atoms with Crippen LogP contribution in [0.25, 0.3) is 10.8 Å². The fourth-order valence-electron chi connectivity index (χ4n) is 2.79. The van der Waals surface area contributed by atoms with E-state index >= 15 is 0 Å². The second-order valence-corrected chi connectivity index (χ2v) is 5.64. The molecule has 3 nitrogen and oxygen atoms in total. The van der Waals surface area contributed by atoms with E-state index in [9.17, 15) is 5.11 Å². The van der Waals surface area contributed by atoms with Crippen LogP contribution in [0, 0.1) is 0 Å². The minimum atomic E-state index is -0.859. The van der Waals surface area contributed by atoms with Crippen LogP contribution in [0.5, 0.6) is 11.5 Å². The molecule has 0 bridgehead atoms. The molecule has 0 amide bonds. The zero-order chi connectivity index (χ0) is 16.4. The van der Waals surface area contributed by atoms with Crippen molar-refractivity contribution in [2.75, 3.05) is 14.2 Å². The Bertz CT molecular complexity index is 845. The third-order valence-electron chi connectivity index (χ3n) is 3.87. The first-order valence-corrected chi connectivity index (χ1v) is 7.60. The van der Waals surface area contributed by atoms with Gasteiger partial charge in [0.25, 0.3) is 0 Å². The van der Waals surface area contributed by atoms with Gasteiger partial charge < -0.3 is 14.6 Å². The zero-order valence-corrected chi connectivity index (χ0v) is 13.7. The molecular weight excluding hydrogens is 312 g/mol. The fourth-order valence-corrected chi connectivity index (χ4v) is 2.99. The normalized spacial score (nSPS) is 12.2. The summed E-state index contributed by atoms with van der Waals surface area (Å²) in [6.07, 6.45) is -0.859. The molecule has 0 aliphatic rings. The lowest BCUT2D eigenvalue weighted by atomic mass is 9.96. The summed E-state index contributed by atoms with van der Waals surface area (Å²) >= 11 is 6.04. The summed E-state index contributed by atoms with van der Waals surface area (Å²) in [5.41, 5.74) is 1.35. The van der Waals surface area contributed by atoms with E-state index in [1.165, 1.54) is 0 Å². The number of benzene rings is 3. The number of aliphatic hydroxyl groups excluding tert-OH is 1. The Hall–Kier alpha value is -2.23. The average Bonchev–Trinajstić information content (AvgIpc) is 2.59. The summed E-state index contributed by atoms with van der Waals surface area (Å²) in [5.74, 6) is 1.33. The second-order valence-electron chi connectivity index (χ2n) is 5.20. The Balaban J connectivity index is 2.24. The van der Waals surface area contributed by atoms with Crippen molar-refractivity contribution in [3.63, 3.8) is 0 Å². The molecule has 1 N–H and O–H groups in total. The molecule has 3 aromatic carbocycles. The van der Waals surface area contributed by atoms with Crippen LogP contribution in [-0.4, -0.2) is 19.3 Å². The van der Waals surface area contributed by atoms with Gasteiger partial charge in [0.05, 0.1) is 14.2 Å². The molecule has 4 heteroatoms. The Morgan fingerprint density at radius 3 is 2.30 bits per heavy atom. The number of aliphatic hydroxyl groups is 1. The molecule has 0 heterocycles. The second kappa shape index (κ2) is 6.49. The largest absolute Gasteiger partial charge is 0.496 e. The van der Waals surface area contributed by atoms with Crippen LogP contribution < -0.4 is 9.47 Å². The maximum absolute atomic E-state index is 10.8. The lowest BCUT2D eigenvalue weighted by Crippen LogP contribution is -2.04. The predicted octanol–water partition coefficient (Wildman–Crippen LogP) is 4.59. The molecule has 3 aromatic rings. The smallest absolute Gasteiger partial charge is 0.133 e. The van der Waals surface area contributed by atoms with Crippen molar-refractivity contribution in [3.05, 3.63) is 70.7 Å². The van der Waals surface area contributed by atoms with Crippen molar-refractivity contribution < 1.29 is 14.6 Å². The fraction of sp³-hybridized carbons (Fsp3) is 0.158. The van der Waals surface area contributed by atoms with Gasteiger partial charge in [-0.1, -0.05) is 48.0 Å². The molecule has 0 saturated heterocycles. The van der Waals surface area contributed by atoms with Crippen molar-refractivity contribution in [2.24, 2.45) is 0 Å². The van der Waals surface area contributed by atoms with Gasteiger partial charge in [-0.05, 0) is 23.8 Å². The molecule has 0 spiro atoms. The van der Waals surface area contributed by atoms with Crippen LogP contribution in [0.15, 0.2) is 54.6 Å². The first-order chi connectivity index (χ1) is 11.2. The minimum Gasteiger partial charge on any atom is -0.496 e. The van der Waals surface area contributed by atoms with Gasteiger partial charge >= 0.3 is 0 Å². The number of hydrogen-bond donors (Lipinski definition) is 1. The average molecular weight is 329 g/mol. The summed E-state index contributed by atoms with van der Waals surface area (Å²) in [4.78, 5) is 0. The standard InChI is InChI=1S/C19H17ClO3/c1-22-17-11-16(18(21)12-6-5-7-13(20)10-12)19(23-2)15-9-4-3-8-14(15)17/h3-11,18,21H,1-2H3. The summed E-state index contributed by atoms with van der Waals surface area (Å²) < 4.78 is 11.1. The number of hydrogen-bond acceptors (Lipinski definition) is 3. The molecule has 0 saturated carbocycles. The summed E-state index contributed by atoms with van der Waals surface area (Å²) in [6, 6.07) is 16.8. The van der Waals surface area contributed by atoms with E-state index in [1.54, 1.807) is 26.4 Å². The number of fused-ring (bicyclic) bond motifs is 1. The summed E-state index contributed by atoms with van der Waals surface area (Å²) in [6.45, 7) is 0. The molecule has 0 radical (unpaired) electrons. The van der Waals surface area contributed by atoms with Crippen LogP contribution in [-0.2, 0) is 0 Å². The highest BCUT2D eigenvalue weighted by atomic mass is 35.5. The van der Waals surface area contributed by atoms with Crippen molar-refractivity contribution in [1.82, 2.24) is 0 Å². The highest BCUT2D eigenvalue weighted by molar-refractivity contribution is 6.30. The van der Waals surface area contributed by atoms with Crippen molar-refractivity contribution in [2.45, 2.75) is 6.10 Å². The van der Waals surface area contributed by atoms with E-state index < -0.39 is 6.10 Å². The molecule has 1 unspecified atom stereocenters. The maximum atomic E-state index is 10.8. The van der Waals surface area contributed by atoms with Gasteiger partial charge in [-0.3, -0.25) is 0 Å². The highest BCUT2D eigenvalue weighted by Gasteiger charge is 2.20. The topological polar surface area (TPSA) is 38.7 Å². The molecular formula is C19H17ClO3. The van der Waals surface area contributed by atoms with Crippen LogP contribution in [0.1, 0.15) is 17.2 Å². The molecule has 0 aliphatic carbocycles. The van der Waals surface area contributed by atoms with Gasteiger partial charge in [0.1, 0.15) is 17.6 Å². The van der Waals surface area contributed by atoms with Crippen LogP contribution in [0.4, 0.5) is 0 Å². The van der Waals surface area contributed by atoms with Crippen LogP contribution in [0.2, 0.25) is 5.02 Å². The van der Waals surface area contributed by atoms with E-state index in [1.807, 2.05) is 42.5 Å². The quantitative estimate of drug-likeness (QED) is 0.761. The lowest BCUT2D eigenvalue weighted by Gasteiger charge is -2.19. The molecule has 0 aromatic heterocycles. The Labute approximate surface area is 140 Å². The number of methoxy groups -OCH3 is 2. The molecule has 0 aliphatic heterocycles. The Morgan fingerprint density at radius 1 is 0.913 bits per heavy atom. The van der Waals surface area contributed by atoms with Crippen LogP contribution >= 0.6 is 11.6 Å². The minimum absolute atomic E-state index is 0.577. The summed E-state index contributed by atoms with van der Waals surface area (Å²) in [7, 11) is 3.21. The van der Waals surface area contributed by atoms with Gasteiger partial charge in [-0.2, -0.15) is 0 Å². The number of halogens is 1. The zero-order valence-electron chi connectivity index (χ0n) is 12.9. The van der Waals surface area contributed by atoms with Crippen molar-refractivity contribution in [1.29, 1.82) is 0 Å². The van der Waals surface area contributed by atoms with Gasteiger partial charge in [-0.25, -0.2) is 0 Å². The van der Waals surface area contributed by atoms with Gasteiger partial charge in [0, 0.05) is 21.4 Å². The molecule has 3 rings (SSSR count). The van der Waals surface area contributed by atoms with Crippen LogP contribution in [0.3, 0.4) is 0 Å².